The number of methoxy groups -OCH3 is 1. The molecule has 1 amide bonds. The van der Waals surface area contributed by atoms with E-state index in [1.165, 1.54) is 36.3 Å². The lowest BCUT2D eigenvalue weighted by Gasteiger charge is -2.36. The zero-order valence-corrected chi connectivity index (χ0v) is 26.4. The molecular formula is C31H35F4N3O6S. The zero-order valence-electron chi connectivity index (χ0n) is 25.5. The zero-order chi connectivity index (χ0) is 33.2. The Balaban J connectivity index is 1.77. The Morgan fingerprint density at radius 2 is 1.82 bits per heavy atom. The molecule has 2 aromatic carbocycles. The molecule has 1 fully saturated rings. The summed E-state index contributed by atoms with van der Waals surface area (Å²) < 4.78 is 97.4. The van der Waals surface area contributed by atoms with Crippen LogP contribution in [0.15, 0.2) is 41.3 Å². The molecule has 1 N–H and O–H groups in total. The van der Waals surface area contributed by atoms with Gasteiger partial charge in [-0.15, -0.1) is 0 Å². The molecule has 1 aliphatic heterocycles. The smallest absolute Gasteiger partial charge is 0.415 e. The third-order valence-corrected chi connectivity index (χ3v) is 8.00. The number of halogens is 4. The first-order chi connectivity index (χ1) is 21.0. The summed E-state index contributed by atoms with van der Waals surface area (Å²) in [5.74, 6) is 4.92. The summed E-state index contributed by atoms with van der Waals surface area (Å²) in [7, 11) is -2.11. The number of carbonyl (C=O) groups excluding carboxylic acids is 1. The van der Waals surface area contributed by atoms with Crippen LogP contribution in [0.3, 0.4) is 0 Å². The average molecular weight is 654 g/mol. The molecule has 1 aliphatic rings. The Hall–Kier alpha value is -3.96. The minimum Gasteiger partial charge on any atom is -0.495 e. The standard InChI is InChI=1S/C31H35F4N3O6S/c1-30(2,3)44-29(39)38(21-10-13-43-14-11-21)27-16-20(32)15-26-24(27)17-22(37(26)19-31(33,34)35)7-6-12-36-25-9-8-23(45(5,40)41)18-28(25)42-4/h8-9,15-18,21,36H,10-14,19H2,1-5H3. The van der Waals surface area contributed by atoms with E-state index in [4.69, 9.17) is 14.2 Å². The fourth-order valence-electron chi connectivity index (χ4n) is 4.98. The molecule has 3 aromatic rings. The van der Waals surface area contributed by atoms with Gasteiger partial charge in [-0.05, 0) is 69.9 Å². The number of rotatable bonds is 7. The molecule has 0 saturated carbocycles. The van der Waals surface area contributed by atoms with E-state index in [9.17, 15) is 26.4 Å². The second-order valence-electron chi connectivity index (χ2n) is 11.6. The van der Waals surface area contributed by atoms with Crippen molar-refractivity contribution in [2.45, 2.75) is 62.9 Å². The predicted octanol–water partition coefficient (Wildman–Crippen LogP) is 6.14. The summed E-state index contributed by atoms with van der Waals surface area (Å²) in [4.78, 5) is 14.8. The van der Waals surface area contributed by atoms with Crippen molar-refractivity contribution in [3.63, 3.8) is 0 Å². The maximum absolute atomic E-state index is 15.1. The molecule has 45 heavy (non-hydrogen) atoms. The molecule has 4 rings (SSSR count). The average Bonchev–Trinajstić information content (AvgIpc) is 3.25. The molecule has 0 unspecified atom stereocenters. The third kappa shape index (κ3) is 8.61. The molecule has 0 bridgehead atoms. The van der Waals surface area contributed by atoms with Gasteiger partial charge in [0, 0.05) is 37.0 Å². The molecule has 0 spiro atoms. The van der Waals surface area contributed by atoms with E-state index in [0.29, 0.717) is 31.7 Å². The quantitative estimate of drug-likeness (QED) is 0.242. The number of ether oxygens (including phenoxy) is 3. The van der Waals surface area contributed by atoms with E-state index in [-0.39, 0.29) is 39.5 Å². The first-order valence-electron chi connectivity index (χ1n) is 14.1. The van der Waals surface area contributed by atoms with Gasteiger partial charge in [-0.3, -0.25) is 4.90 Å². The number of nitrogens with zero attached hydrogens (tertiary/aromatic N) is 2. The predicted molar refractivity (Wildman–Crippen MR) is 162 cm³/mol. The van der Waals surface area contributed by atoms with Gasteiger partial charge < -0.3 is 24.1 Å². The number of nitrogens with one attached hydrogen (secondary N) is 1. The maximum Gasteiger partial charge on any atom is 0.415 e. The monoisotopic (exact) mass is 653 g/mol. The van der Waals surface area contributed by atoms with Gasteiger partial charge in [-0.25, -0.2) is 17.6 Å². The highest BCUT2D eigenvalue weighted by Crippen LogP contribution is 2.36. The topological polar surface area (TPSA) is 99.1 Å². The molecule has 244 valence electrons. The van der Waals surface area contributed by atoms with Crippen molar-refractivity contribution >= 4 is 38.2 Å². The number of hydrogen-bond acceptors (Lipinski definition) is 7. The van der Waals surface area contributed by atoms with Gasteiger partial charge in [0.25, 0.3) is 0 Å². The molecule has 1 saturated heterocycles. The Morgan fingerprint density at radius 3 is 2.42 bits per heavy atom. The lowest BCUT2D eigenvalue weighted by molar-refractivity contribution is -0.140. The number of sulfone groups is 1. The molecule has 0 aliphatic carbocycles. The van der Waals surface area contributed by atoms with Crippen molar-refractivity contribution in [2.75, 3.05) is 43.3 Å². The number of anilines is 2. The summed E-state index contributed by atoms with van der Waals surface area (Å²) in [6, 6.07) is 7.29. The molecule has 0 radical (unpaired) electrons. The second-order valence-corrected chi connectivity index (χ2v) is 13.6. The van der Waals surface area contributed by atoms with Crippen LogP contribution in [0.5, 0.6) is 5.75 Å². The van der Waals surface area contributed by atoms with Gasteiger partial charge in [-0.2, -0.15) is 13.2 Å². The Kier molecular flexibility index (Phi) is 9.94. The van der Waals surface area contributed by atoms with E-state index < -0.39 is 46.1 Å². The van der Waals surface area contributed by atoms with Crippen LogP contribution in [0.2, 0.25) is 0 Å². The van der Waals surface area contributed by atoms with E-state index >= 15 is 4.39 Å². The number of alkyl halides is 3. The SMILES string of the molecule is COc1cc(S(C)(=O)=O)ccc1NCC#Cc1cc2c(N(C(=O)OC(C)(C)C)C3CCOCC3)cc(F)cc2n1CC(F)(F)F. The van der Waals surface area contributed by atoms with E-state index in [1.807, 2.05) is 0 Å². The fourth-order valence-corrected chi connectivity index (χ4v) is 5.62. The van der Waals surface area contributed by atoms with Crippen molar-refractivity contribution in [1.29, 1.82) is 0 Å². The number of carbonyl (C=O) groups is 1. The van der Waals surface area contributed by atoms with Crippen LogP contribution >= 0.6 is 0 Å². The van der Waals surface area contributed by atoms with E-state index in [1.54, 1.807) is 20.8 Å². The van der Waals surface area contributed by atoms with Gasteiger partial charge in [0.2, 0.25) is 0 Å². The van der Waals surface area contributed by atoms with Crippen LogP contribution in [-0.4, -0.2) is 70.0 Å². The lowest BCUT2D eigenvalue weighted by Crippen LogP contribution is -2.46. The van der Waals surface area contributed by atoms with Crippen molar-refractivity contribution in [3.05, 3.63) is 47.9 Å². The summed E-state index contributed by atoms with van der Waals surface area (Å²) in [6.45, 7) is 4.27. The summed E-state index contributed by atoms with van der Waals surface area (Å²) >= 11 is 0. The van der Waals surface area contributed by atoms with Crippen LogP contribution in [0.25, 0.3) is 10.9 Å². The van der Waals surface area contributed by atoms with Gasteiger partial charge in [0.15, 0.2) is 9.84 Å². The molecule has 0 atom stereocenters. The van der Waals surface area contributed by atoms with Gasteiger partial charge in [0.1, 0.15) is 23.7 Å². The third-order valence-electron chi connectivity index (χ3n) is 6.89. The fraction of sp³-hybridized carbons (Fsp3) is 0.452. The molecular weight excluding hydrogens is 618 g/mol. The lowest BCUT2D eigenvalue weighted by atomic mass is 10.0. The Labute approximate surface area is 259 Å². The number of amides is 1. The largest absolute Gasteiger partial charge is 0.495 e. The van der Waals surface area contributed by atoms with Crippen molar-refractivity contribution in [3.8, 4) is 17.6 Å². The number of fused-ring (bicyclic) bond motifs is 1. The molecule has 9 nitrogen and oxygen atoms in total. The number of benzene rings is 2. The van der Waals surface area contributed by atoms with Crippen LogP contribution in [0, 0.1) is 17.7 Å². The van der Waals surface area contributed by atoms with Crippen molar-refractivity contribution < 1.29 is 45.0 Å². The highest BCUT2D eigenvalue weighted by atomic mass is 32.2. The molecule has 1 aromatic heterocycles. The van der Waals surface area contributed by atoms with E-state index in [0.717, 1.165) is 23.0 Å². The van der Waals surface area contributed by atoms with Crippen LogP contribution in [0.1, 0.15) is 39.3 Å². The minimum atomic E-state index is -4.66. The Morgan fingerprint density at radius 1 is 1.13 bits per heavy atom. The second kappa shape index (κ2) is 13.2. The minimum absolute atomic E-state index is 0.0462. The van der Waals surface area contributed by atoms with Crippen molar-refractivity contribution in [2.24, 2.45) is 0 Å². The summed E-state index contributed by atoms with van der Waals surface area (Å²) in [5.41, 5.74) is -0.524. The first kappa shape index (κ1) is 33.9. The van der Waals surface area contributed by atoms with Gasteiger partial charge in [-0.1, -0.05) is 5.92 Å². The maximum atomic E-state index is 15.1. The van der Waals surface area contributed by atoms with Crippen LogP contribution in [0.4, 0.5) is 33.7 Å². The van der Waals surface area contributed by atoms with Crippen LogP contribution in [-0.2, 0) is 25.9 Å². The summed E-state index contributed by atoms with van der Waals surface area (Å²) in [5, 5.41) is 3.17. The Bertz CT molecular complexity index is 1730. The first-order valence-corrected chi connectivity index (χ1v) is 16.0. The number of aromatic nitrogens is 1. The van der Waals surface area contributed by atoms with E-state index in [2.05, 4.69) is 17.2 Å². The molecule has 14 heteroatoms. The highest BCUT2D eigenvalue weighted by Gasteiger charge is 2.35. The van der Waals surface area contributed by atoms with Gasteiger partial charge >= 0.3 is 12.3 Å². The normalized spacial score (nSPS) is 14.5. The number of hydrogen-bond donors (Lipinski definition) is 1. The summed E-state index contributed by atoms with van der Waals surface area (Å²) in [6.07, 6.45) is -3.50. The van der Waals surface area contributed by atoms with Gasteiger partial charge in [0.05, 0.1) is 41.1 Å². The highest BCUT2D eigenvalue weighted by molar-refractivity contribution is 7.90. The van der Waals surface area contributed by atoms with Crippen molar-refractivity contribution in [1.82, 2.24) is 4.57 Å². The van der Waals surface area contributed by atoms with Crippen LogP contribution < -0.4 is 15.0 Å². The molecule has 2 heterocycles.